The number of amides is 1. The number of carbonyl (C=O) groups is 1. The Morgan fingerprint density at radius 3 is 3.00 bits per heavy atom. The molecule has 2 rings (SSSR count). The number of anilines is 1. The van der Waals surface area contributed by atoms with Crippen molar-refractivity contribution in [3.8, 4) is 5.75 Å². The van der Waals surface area contributed by atoms with E-state index in [4.69, 9.17) is 5.73 Å². The zero-order valence-corrected chi connectivity index (χ0v) is 9.84. The number of aromatic nitrogens is 2. The van der Waals surface area contributed by atoms with Gasteiger partial charge in [0.15, 0.2) is 0 Å². The van der Waals surface area contributed by atoms with Crippen LogP contribution in [0.25, 0.3) is 0 Å². The van der Waals surface area contributed by atoms with Crippen molar-refractivity contribution < 1.29 is 9.90 Å². The van der Waals surface area contributed by atoms with E-state index in [9.17, 15) is 9.90 Å². The third-order valence-corrected chi connectivity index (χ3v) is 2.56. The number of benzene rings is 1. The number of carbonyl (C=O) groups excluding carboxylic acids is 1. The van der Waals surface area contributed by atoms with Gasteiger partial charge in [-0.25, -0.2) is 4.98 Å². The van der Waals surface area contributed by atoms with Crippen LogP contribution in [0.1, 0.15) is 29.1 Å². The second-order valence-corrected chi connectivity index (χ2v) is 3.94. The van der Waals surface area contributed by atoms with Crippen molar-refractivity contribution in [3.05, 3.63) is 42.0 Å². The number of nitrogens with zero attached hydrogens (tertiary/aromatic N) is 1. The highest BCUT2D eigenvalue weighted by atomic mass is 16.3. The second-order valence-electron chi connectivity index (χ2n) is 3.94. The van der Waals surface area contributed by atoms with Crippen LogP contribution in [0.15, 0.2) is 30.6 Å². The summed E-state index contributed by atoms with van der Waals surface area (Å²) in [4.78, 5) is 18.9. The predicted molar refractivity (Wildman–Crippen MR) is 67.0 cm³/mol. The number of imidazole rings is 1. The first-order valence-corrected chi connectivity index (χ1v) is 5.46. The number of hydrogen-bond acceptors (Lipinski definition) is 4. The average molecular weight is 246 g/mol. The summed E-state index contributed by atoms with van der Waals surface area (Å²) in [7, 11) is 0. The second kappa shape index (κ2) is 4.79. The molecule has 5 N–H and O–H groups in total. The summed E-state index contributed by atoms with van der Waals surface area (Å²) in [5, 5.41) is 12.1. The first-order chi connectivity index (χ1) is 8.58. The molecule has 1 unspecified atom stereocenters. The van der Waals surface area contributed by atoms with E-state index in [1.807, 2.05) is 0 Å². The van der Waals surface area contributed by atoms with Gasteiger partial charge in [-0.3, -0.25) is 4.79 Å². The molecule has 1 amide bonds. The molecular formula is C12H14N4O2. The number of phenols is 1. The molecule has 0 spiro atoms. The smallest absolute Gasteiger partial charge is 0.254 e. The molecule has 1 aromatic carbocycles. The van der Waals surface area contributed by atoms with E-state index >= 15 is 0 Å². The van der Waals surface area contributed by atoms with Crippen molar-refractivity contribution in [2.75, 3.05) is 5.73 Å². The molecule has 0 saturated heterocycles. The van der Waals surface area contributed by atoms with Gasteiger partial charge in [-0.2, -0.15) is 0 Å². The summed E-state index contributed by atoms with van der Waals surface area (Å²) in [5.41, 5.74) is 6.25. The van der Waals surface area contributed by atoms with E-state index in [0.29, 0.717) is 11.5 Å². The van der Waals surface area contributed by atoms with E-state index in [1.54, 1.807) is 19.3 Å². The Morgan fingerprint density at radius 1 is 1.56 bits per heavy atom. The lowest BCUT2D eigenvalue weighted by atomic mass is 10.1. The van der Waals surface area contributed by atoms with Crippen LogP contribution in [-0.4, -0.2) is 21.0 Å². The fraction of sp³-hybridized carbons (Fsp3) is 0.167. The van der Waals surface area contributed by atoms with Crippen LogP contribution in [0.3, 0.4) is 0 Å². The van der Waals surface area contributed by atoms with Gasteiger partial charge in [-0.15, -0.1) is 0 Å². The van der Waals surface area contributed by atoms with Gasteiger partial charge in [0.1, 0.15) is 11.6 Å². The summed E-state index contributed by atoms with van der Waals surface area (Å²) >= 11 is 0. The first-order valence-electron chi connectivity index (χ1n) is 5.46. The summed E-state index contributed by atoms with van der Waals surface area (Å²) in [6.07, 6.45) is 3.29. The Balaban J connectivity index is 2.15. The molecule has 0 aliphatic rings. The Hall–Kier alpha value is -2.50. The minimum Gasteiger partial charge on any atom is -0.508 e. The summed E-state index contributed by atoms with van der Waals surface area (Å²) in [6.45, 7) is 1.80. The Bertz CT molecular complexity index is 551. The fourth-order valence-electron chi connectivity index (χ4n) is 1.60. The highest BCUT2D eigenvalue weighted by Crippen LogP contribution is 2.19. The van der Waals surface area contributed by atoms with E-state index in [0.717, 1.165) is 0 Å². The van der Waals surface area contributed by atoms with Gasteiger partial charge in [0.05, 0.1) is 11.6 Å². The summed E-state index contributed by atoms with van der Waals surface area (Å²) in [5.74, 6) is 0.300. The van der Waals surface area contributed by atoms with Crippen LogP contribution >= 0.6 is 0 Å². The zero-order chi connectivity index (χ0) is 13.1. The van der Waals surface area contributed by atoms with Crippen molar-refractivity contribution in [2.45, 2.75) is 13.0 Å². The number of aromatic hydroxyl groups is 1. The van der Waals surface area contributed by atoms with Crippen LogP contribution in [0.5, 0.6) is 5.75 Å². The highest BCUT2D eigenvalue weighted by molar-refractivity contribution is 5.99. The molecule has 0 fully saturated rings. The number of hydrogen-bond donors (Lipinski definition) is 4. The maximum absolute atomic E-state index is 12.0. The van der Waals surface area contributed by atoms with Crippen LogP contribution in [-0.2, 0) is 0 Å². The number of nitrogens with one attached hydrogen (secondary N) is 2. The number of H-pyrrole nitrogens is 1. The lowest BCUT2D eigenvalue weighted by molar-refractivity contribution is 0.0939. The van der Waals surface area contributed by atoms with Crippen molar-refractivity contribution in [3.63, 3.8) is 0 Å². The van der Waals surface area contributed by atoms with E-state index < -0.39 is 0 Å². The zero-order valence-electron chi connectivity index (χ0n) is 9.84. The quantitative estimate of drug-likeness (QED) is 0.482. The van der Waals surface area contributed by atoms with Gasteiger partial charge in [0.25, 0.3) is 5.91 Å². The third kappa shape index (κ3) is 2.42. The van der Waals surface area contributed by atoms with E-state index in [1.165, 1.54) is 18.2 Å². The SMILES string of the molecule is CC(NC(=O)c1cc(O)ccc1N)c1ncc[nH]1. The number of phenolic OH excluding ortho intramolecular Hbond substituents is 1. The summed E-state index contributed by atoms with van der Waals surface area (Å²) in [6, 6.07) is 3.98. The molecule has 2 aromatic rings. The maximum Gasteiger partial charge on any atom is 0.254 e. The van der Waals surface area contributed by atoms with Crippen molar-refractivity contribution >= 4 is 11.6 Å². The normalized spacial score (nSPS) is 12.1. The van der Waals surface area contributed by atoms with E-state index in [-0.39, 0.29) is 23.3 Å². The number of aromatic amines is 1. The molecule has 1 atom stereocenters. The molecular weight excluding hydrogens is 232 g/mol. The van der Waals surface area contributed by atoms with Crippen LogP contribution < -0.4 is 11.1 Å². The van der Waals surface area contributed by atoms with Gasteiger partial charge in [0, 0.05) is 18.1 Å². The van der Waals surface area contributed by atoms with Gasteiger partial charge in [0.2, 0.25) is 0 Å². The monoisotopic (exact) mass is 246 g/mol. The third-order valence-electron chi connectivity index (χ3n) is 2.56. The number of rotatable bonds is 3. The van der Waals surface area contributed by atoms with Gasteiger partial charge >= 0.3 is 0 Å². The number of nitrogens with two attached hydrogens (primary N) is 1. The van der Waals surface area contributed by atoms with Gasteiger partial charge < -0.3 is 21.1 Å². The topological polar surface area (TPSA) is 104 Å². The molecule has 0 bridgehead atoms. The van der Waals surface area contributed by atoms with E-state index in [2.05, 4.69) is 15.3 Å². The van der Waals surface area contributed by atoms with Crippen LogP contribution in [0.2, 0.25) is 0 Å². The molecule has 1 aromatic heterocycles. The molecule has 6 heteroatoms. The lowest BCUT2D eigenvalue weighted by Crippen LogP contribution is -2.28. The summed E-state index contributed by atoms with van der Waals surface area (Å²) < 4.78 is 0. The molecule has 6 nitrogen and oxygen atoms in total. The molecule has 18 heavy (non-hydrogen) atoms. The Labute approximate surface area is 104 Å². The van der Waals surface area contributed by atoms with Gasteiger partial charge in [-0.05, 0) is 25.1 Å². The fourth-order valence-corrected chi connectivity index (χ4v) is 1.60. The molecule has 94 valence electrons. The Morgan fingerprint density at radius 2 is 2.33 bits per heavy atom. The lowest BCUT2D eigenvalue weighted by Gasteiger charge is -2.12. The standard InChI is InChI=1S/C12H14N4O2/c1-7(11-14-4-5-15-11)16-12(18)9-6-8(17)2-3-10(9)13/h2-7,17H,13H2,1H3,(H,14,15)(H,16,18). The van der Waals surface area contributed by atoms with Crippen molar-refractivity contribution in [1.29, 1.82) is 0 Å². The highest BCUT2D eigenvalue weighted by Gasteiger charge is 2.15. The van der Waals surface area contributed by atoms with Crippen LogP contribution in [0, 0.1) is 0 Å². The Kier molecular flexibility index (Phi) is 3.18. The minimum absolute atomic E-state index is 0.00000155. The van der Waals surface area contributed by atoms with Crippen molar-refractivity contribution in [1.82, 2.24) is 15.3 Å². The molecule has 0 radical (unpaired) electrons. The molecule has 0 saturated carbocycles. The molecule has 1 heterocycles. The van der Waals surface area contributed by atoms with Crippen molar-refractivity contribution in [2.24, 2.45) is 0 Å². The minimum atomic E-state index is -0.354. The maximum atomic E-state index is 12.0. The number of nitrogen functional groups attached to an aromatic ring is 1. The average Bonchev–Trinajstić information content (AvgIpc) is 2.85. The van der Waals surface area contributed by atoms with Crippen LogP contribution in [0.4, 0.5) is 5.69 Å². The van der Waals surface area contributed by atoms with Gasteiger partial charge in [-0.1, -0.05) is 0 Å². The predicted octanol–water partition coefficient (Wildman–Crippen LogP) is 1.19. The molecule has 0 aliphatic heterocycles. The largest absolute Gasteiger partial charge is 0.508 e. The first kappa shape index (κ1) is 12.0. The molecule has 0 aliphatic carbocycles.